The highest BCUT2D eigenvalue weighted by molar-refractivity contribution is 6.31. The van der Waals surface area contributed by atoms with E-state index >= 15 is 0 Å². The number of nitrogens with one attached hydrogen (secondary N) is 1. The first-order valence-electron chi connectivity index (χ1n) is 9.97. The summed E-state index contributed by atoms with van der Waals surface area (Å²) in [7, 11) is 0. The molecule has 3 aromatic rings. The lowest BCUT2D eigenvalue weighted by Crippen LogP contribution is -2.38. The van der Waals surface area contributed by atoms with Gasteiger partial charge in [0.2, 0.25) is 5.95 Å². The molecule has 3 heterocycles. The minimum absolute atomic E-state index is 0.312. The summed E-state index contributed by atoms with van der Waals surface area (Å²) in [5.41, 5.74) is 6.03. The second kappa shape index (κ2) is 6.52. The van der Waals surface area contributed by atoms with Crippen LogP contribution < -0.4 is 4.90 Å². The number of benzene rings is 1. The number of halogens is 1. The van der Waals surface area contributed by atoms with Gasteiger partial charge in [-0.2, -0.15) is 0 Å². The molecular weight excluding hydrogens is 356 g/mol. The summed E-state index contributed by atoms with van der Waals surface area (Å²) in [5, 5.41) is 2.08. The van der Waals surface area contributed by atoms with E-state index in [2.05, 4.69) is 35.9 Å². The maximum absolute atomic E-state index is 6.29. The molecule has 1 aliphatic heterocycles. The van der Waals surface area contributed by atoms with Gasteiger partial charge in [0.15, 0.2) is 0 Å². The van der Waals surface area contributed by atoms with E-state index in [1.54, 1.807) is 0 Å². The van der Waals surface area contributed by atoms with Crippen LogP contribution in [0.25, 0.3) is 10.9 Å². The number of H-pyrrole nitrogens is 1. The smallest absolute Gasteiger partial charge is 0.226 e. The summed E-state index contributed by atoms with van der Waals surface area (Å²) in [6.45, 7) is 5.06. The molecule has 0 saturated heterocycles. The molecule has 0 bridgehead atoms. The van der Waals surface area contributed by atoms with E-state index in [1.165, 1.54) is 47.8 Å². The second-order valence-electron chi connectivity index (χ2n) is 8.15. The van der Waals surface area contributed by atoms with Crippen LogP contribution in [0.3, 0.4) is 0 Å². The maximum atomic E-state index is 6.29. The zero-order chi connectivity index (χ0) is 18.5. The predicted molar refractivity (Wildman–Crippen MR) is 111 cm³/mol. The van der Waals surface area contributed by atoms with Crippen molar-refractivity contribution < 1.29 is 0 Å². The molecule has 1 aliphatic carbocycles. The number of nitrogens with zero attached hydrogens (tertiary/aromatic N) is 3. The van der Waals surface area contributed by atoms with Gasteiger partial charge in [0.05, 0.1) is 6.04 Å². The summed E-state index contributed by atoms with van der Waals surface area (Å²) in [5.74, 6) is 1.68. The van der Waals surface area contributed by atoms with Gasteiger partial charge in [0.25, 0.3) is 0 Å². The van der Waals surface area contributed by atoms with Crippen LogP contribution in [0.5, 0.6) is 0 Å². The summed E-state index contributed by atoms with van der Waals surface area (Å²) in [4.78, 5) is 15.7. The molecule has 27 heavy (non-hydrogen) atoms. The number of hydrogen-bond donors (Lipinski definition) is 1. The summed E-state index contributed by atoms with van der Waals surface area (Å²) >= 11 is 6.29. The second-order valence-corrected chi connectivity index (χ2v) is 8.59. The number of anilines is 1. The zero-order valence-electron chi connectivity index (χ0n) is 15.9. The Morgan fingerprint density at radius 1 is 1.15 bits per heavy atom. The fraction of sp³-hybridized carbons (Fsp3) is 0.455. The molecular formula is C22H25ClN4. The van der Waals surface area contributed by atoms with Crippen LogP contribution in [0, 0.1) is 19.8 Å². The van der Waals surface area contributed by atoms with E-state index in [1.807, 2.05) is 12.1 Å². The van der Waals surface area contributed by atoms with E-state index in [0.717, 1.165) is 41.2 Å². The zero-order valence-corrected chi connectivity index (χ0v) is 16.7. The van der Waals surface area contributed by atoms with Gasteiger partial charge in [-0.05, 0) is 62.4 Å². The van der Waals surface area contributed by atoms with E-state index in [-0.39, 0.29) is 0 Å². The Labute approximate surface area is 165 Å². The minimum atomic E-state index is 0.312. The molecule has 1 unspecified atom stereocenters. The Hall–Kier alpha value is -2.07. The number of fused-ring (bicyclic) bond motifs is 3. The molecule has 5 heteroatoms. The van der Waals surface area contributed by atoms with Gasteiger partial charge in [-0.25, -0.2) is 9.97 Å². The van der Waals surface area contributed by atoms with Crippen molar-refractivity contribution in [1.29, 1.82) is 0 Å². The molecule has 2 aliphatic rings. The minimum Gasteiger partial charge on any atom is -0.356 e. The van der Waals surface area contributed by atoms with Crippen molar-refractivity contribution >= 4 is 28.5 Å². The monoisotopic (exact) mass is 380 g/mol. The van der Waals surface area contributed by atoms with Crippen molar-refractivity contribution in [3.05, 3.63) is 51.9 Å². The van der Waals surface area contributed by atoms with Crippen molar-refractivity contribution in [1.82, 2.24) is 15.0 Å². The lowest BCUT2D eigenvalue weighted by atomic mass is 9.79. The Kier molecular flexibility index (Phi) is 4.12. The molecule has 1 aromatic carbocycles. The van der Waals surface area contributed by atoms with Gasteiger partial charge in [-0.15, -0.1) is 0 Å². The first-order valence-corrected chi connectivity index (χ1v) is 10.4. The van der Waals surface area contributed by atoms with E-state index in [4.69, 9.17) is 21.6 Å². The molecule has 5 rings (SSSR count). The maximum Gasteiger partial charge on any atom is 0.226 e. The first-order chi connectivity index (χ1) is 13.1. The Morgan fingerprint density at radius 2 is 1.93 bits per heavy atom. The molecule has 2 aromatic heterocycles. The third-order valence-electron chi connectivity index (χ3n) is 6.22. The normalized spacial score (nSPS) is 20.0. The van der Waals surface area contributed by atoms with Gasteiger partial charge < -0.3 is 9.88 Å². The number of aromatic nitrogens is 3. The summed E-state index contributed by atoms with van der Waals surface area (Å²) in [6, 6.07) is 8.54. The number of aryl methyl sites for hydroxylation is 2. The molecule has 0 radical (unpaired) electrons. The van der Waals surface area contributed by atoms with Crippen LogP contribution in [-0.4, -0.2) is 21.5 Å². The van der Waals surface area contributed by atoms with Crippen LogP contribution in [0.4, 0.5) is 5.95 Å². The Balaban J connectivity index is 1.61. The Morgan fingerprint density at radius 3 is 2.63 bits per heavy atom. The van der Waals surface area contributed by atoms with Gasteiger partial charge in [-0.3, -0.25) is 0 Å². The van der Waals surface area contributed by atoms with Crippen molar-refractivity contribution in [2.45, 2.75) is 52.0 Å². The molecule has 1 saturated carbocycles. The van der Waals surface area contributed by atoms with Crippen molar-refractivity contribution in [3.8, 4) is 0 Å². The van der Waals surface area contributed by atoms with E-state index < -0.39 is 0 Å². The van der Waals surface area contributed by atoms with E-state index in [9.17, 15) is 0 Å². The number of aromatic amines is 1. The molecule has 0 amide bonds. The number of hydrogen-bond acceptors (Lipinski definition) is 3. The summed E-state index contributed by atoms with van der Waals surface area (Å²) < 4.78 is 0. The SMILES string of the molecule is Cc1cc(C)nc(N2CCc3c([nH]c4ccc(Cl)cc34)C2CC2CCC2)n1. The largest absolute Gasteiger partial charge is 0.356 e. The lowest BCUT2D eigenvalue weighted by molar-refractivity contribution is 0.267. The fourth-order valence-electron chi connectivity index (χ4n) is 4.70. The van der Waals surface area contributed by atoms with Crippen LogP contribution >= 0.6 is 11.6 Å². The average molecular weight is 381 g/mol. The van der Waals surface area contributed by atoms with Crippen molar-refractivity contribution in [2.75, 3.05) is 11.4 Å². The van der Waals surface area contributed by atoms with Gasteiger partial charge in [0.1, 0.15) is 0 Å². The van der Waals surface area contributed by atoms with Crippen LogP contribution in [-0.2, 0) is 6.42 Å². The highest BCUT2D eigenvalue weighted by Gasteiger charge is 2.35. The van der Waals surface area contributed by atoms with E-state index in [0.29, 0.717) is 6.04 Å². The molecule has 140 valence electrons. The van der Waals surface area contributed by atoms with Crippen molar-refractivity contribution in [3.63, 3.8) is 0 Å². The van der Waals surface area contributed by atoms with Gasteiger partial charge >= 0.3 is 0 Å². The third kappa shape index (κ3) is 3.00. The summed E-state index contributed by atoms with van der Waals surface area (Å²) in [6.07, 6.45) is 6.22. The molecule has 1 fully saturated rings. The predicted octanol–water partition coefficient (Wildman–Crippen LogP) is 5.52. The molecule has 1 N–H and O–H groups in total. The van der Waals surface area contributed by atoms with Crippen LogP contribution in [0.1, 0.15) is 54.4 Å². The average Bonchev–Trinajstić information content (AvgIpc) is 2.95. The molecule has 4 nitrogen and oxygen atoms in total. The fourth-order valence-corrected chi connectivity index (χ4v) is 4.88. The molecule has 0 spiro atoms. The molecule has 1 atom stereocenters. The topological polar surface area (TPSA) is 44.8 Å². The highest BCUT2D eigenvalue weighted by atomic mass is 35.5. The lowest BCUT2D eigenvalue weighted by Gasteiger charge is -2.39. The van der Waals surface area contributed by atoms with Gasteiger partial charge in [-0.1, -0.05) is 30.9 Å². The van der Waals surface area contributed by atoms with Crippen molar-refractivity contribution in [2.24, 2.45) is 5.92 Å². The number of rotatable bonds is 3. The standard InChI is InChI=1S/C22H25ClN4/c1-13-10-14(2)25-22(24-13)27-9-8-17-18-12-16(23)6-7-19(18)26-21(17)20(27)11-15-4-3-5-15/h6-7,10,12,15,20,26H,3-5,8-9,11H2,1-2H3. The quantitative estimate of drug-likeness (QED) is 0.650. The van der Waals surface area contributed by atoms with Crippen LogP contribution in [0.15, 0.2) is 24.3 Å². The third-order valence-corrected chi connectivity index (χ3v) is 6.46. The Bertz CT molecular complexity index is 985. The van der Waals surface area contributed by atoms with Gasteiger partial charge in [0, 0.05) is 39.6 Å². The first kappa shape index (κ1) is 17.1. The highest BCUT2D eigenvalue weighted by Crippen LogP contribution is 2.43. The van der Waals surface area contributed by atoms with Crippen LogP contribution in [0.2, 0.25) is 5.02 Å².